The van der Waals surface area contributed by atoms with E-state index in [9.17, 15) is 4.79 Å². The van der Waals surface area contributed by atoms with Crippen molar-refractivity contribution in [2.45, 2.75) is 12.5 Å². The standard InChI is InChI=1S/C15H15ClN2O3S/c16-11-3-1-2-10(6-11)7-12-8-17-15(22-12)18-14(19)13-9-20-4-5-21-13/h1-3,6,8,13H,4-5,7,9H2,(H,17,18,19)/t13-/m0/s1. The second-order valence-corrected chi connectivity index (χ2v) is 6.41. The summed E-state index contributed by atoms with van der Waals surface area (Å²) in [7, 11) is 0. The third-order valence-corrected chi connectivity index (χ3v) is 4.31. The molecule has 0 unspecified atom stereocenters. The number of benzene rings is 1. The second kappa shape index (κ2) is 7.19. The van der Waals surface area contributed by atoms with Crippen LogP contribution in [0.4, 0.5) is 5.13 Å². The fourth-order valence-corrected chi connectivity index (χ4v) is 3.18. The van der Waals surface area contributed by atoms with E-state index < -0.39 is 6.10 Å². The molecule has 116 valence electrons. The Bertz CT molecular complexity index is 656. The van der Waals surface area contributed by atoms with E-state index in [1.54, 1.807) is 6.20 Å². The van der Waals surface area contributed by atoms with Gasteiger partial charge in [0.2, 0.25) is 0 Å². The molecule has 5 nitrogen and oxygen atoms in total. The lowest BCUT2D eigenvalue weighted by Gasteiger charge is -2.21. The molecule has 1 atom stereocenters. The van der Waals surface area contributed by atoms with Crippen LogP contribution in [0.25, 0.3) is 0 Å². The summed E-state index contributed by atoms with van der Waals surface area (Å²) in [4.78, 5) is 17.3. The molecule has 2 aromatic rings. The zero-order chi connectivity index (χ0) is 15.4. The molecule has 1 aromatic heterocycles. The first-order chi connectivity index (χ1) is 10.7. The maximum absolute atomic E-state index is 12.0. The molecule has 1 N–H and O–H groups in total. The summed E-state index contributed by atoms with van der Waals surface area (Å²) in [5.41, 5.74) is 1.11. The van der Waals surface area contributed by atoms with Crippen LogP contribution in [0.15, 0.2) is 30.5 Å². The topological polar surface area (TPSA) is 60.5 Å². The molecule has 0 radical (unpaired) electrons. The van der Waals surface area contributed by atoms with Crippen LogP contribution < -0.4 is 5.32 Å². The summed E-state index contributed by atoms with van der Waals surface area (Å²) < 4.78 is 10.6. The molecule has 1 amide bonds. The van der Waals surface area contributed by atoms with Crippen LogP contribution in [0.5, 0.6) is 0 Å². The zero-order valence-electron chi connectivity index (χ0n) is 11.8. The van der Waals surface area contributed by atoms with E-state index in [1.807, 2.05) is 24.3 Å². The van der Waals surface area contributed by atoms with Gasteiger partial charge in [-0.2, -0.15) is 0 Å². The van der Waals surface area contributed by atoms with Gasteiger partial charge in [-0.25, -0.2) is 4.98 Å². The van der Waals surface area contributed by atoms with Gasteiger partial charge in [0.1, 0.15) is 0 Å². The smallest absolute Gasteiger partial charge is 0.257 e. The number of anilines is 1. The van der Waals surface area contributed by atoms with Crippen LogP contribution in [0.1, 0.15) is 10.4 Å². The average molecular weight is 339 g/mol. The minimum atomic E-state index is -0.561. The Kier molecular flexibility index (Phi) is 5.04. The molecule has 1 fully saturated rings. The number of thiazole rings is 1. The summed E-state index contributed by atoms with van der Waals surface area (Å²) in [6.07, 6.45) is 1.94. The largest absolute Gasteiger partial charge is 0.376 e. The number of carbonyl (C=O) groups excluding carboxylic acids is 1. The highest BCUT2D eigenvalue weighted by molar-refractivity contribution is 7.15. The molecule has 0 saturated carbocycles. The number of carbonyl (C=O) groups is 1. The highest BCUT2D eigenvalue weighted by Gasteiger charge is 2.23. The van der Waals surface area contributed by atoms with Crippen molar-refractivity contribution in [2.24, 2.45) is 0 Å². The molecule has 7 heteroatoms. The van der Waals surface area contributed by atoms with Gasteiger partial charge in [-0.3, -0.25) is 10.1 Å². The highest BCUT2D eigenvalue weighted by Crippen LogP contribution is 2.22. The molecule has 0 aliphatic carbocycles. The van der Waals surface area contributed by atoms with Gasteiger partial charge in [0, 0.05) is 22.5 Å². The van der Waals surface area contributed by atoms with Crippen LogP contribution in [-0.4, -0.2) is 36.8 Å². The van der Waals surface area contributed by atoms with Crippen LogP contribution >= 0.6 is 22.9 Å². The van der Waals surface area contributed by atoms with Gasteiger partial charge in [-0.05, 0) is 17.7 Å². The lowest BCUT2D eigenvalue weighted by Crippen LogP contribution is -2.39. The predicted molar refractivity (Wildman–Crippen MR) is 85.6 cm³/mol. The predicted octanol–water partition coefficient (Wildman–Crippen LogP) is 2.74. The van der Waals surface area contributed by atoms with Crippen LogP contribution in [0.3, 0.4) is 0 Å². The van der Waals surface area contributed by atoms with Crippen LogP contribution in [-0.2, 0) is 20.7 Å². The maximum Gasteiger partial charge on any atom is 0.257 e. The van der Waals surface area contributed by atoms with Gasteiger partial charge in [0.25, 0.3) is 5.91 Å². The number of halogens is 1. The van der Waals surface area contributed by atoms with Crippen molar-refractivity contribution in [3.8, 4) is 0 Å². The van der Waals surface area contributed by atoms with Crippen LogP contribution in [0.2, 0.25) is 5.02 Å². The minimum Gasteiger partial charge on any atom is -0.376 e. The summed E-state index contributed by atoms with van der Waals surface area (Å²) in [5, 5.41) is 4.05. The summed E-state index contributed by atoms with van der Waals surface area (Å²) in [5.74, 6) is -0.219. The van der Waals surface area contributed by atoms with Crippen molar-refractivity contribution in [3.63, 3.8) is 0 Å². The van der Waals surface area contributed by atoms with Crippen molar-refractivity contribution < 1.29 is 14.3 Å². The number of amides is 1. The Morgan fingerprint density at radius 3 is 3.14 bits per heavy atom. The van der Waals surface area contributed by atoms with Crippen LogP contribution in [0, 0.1) is 0 Å². The zero-order valence-corrected chi connectivity index (χ0v) is 13.3. The Hall–Kier alpha value is -1.47. The van der Waals surface area contributed by atoms with E-state index in [1.165, 1.54) is 11.3 Å². The second-order valence-electron chi connectivity index (χ2n) is 4.86. The SMILES string of the molecule is O=C(Nc1ncc(Cc2cccc(Cl)c2)s1)[C@@H]1COCCO1. The minimum absolute atomic E-state index is 0.219. The molecule has 3 rings (SSSR count). The molecule has 1 aromatic carbocycles. The molecule has 1 saturated heterocycles. The van der Waals surface area contributed by atoms with E-state index >= 15 is 0 Å². The fourth-order valence-electron chi connectivity index (χ4n) is 2.12. The van der Waals surface area contributed by atoms with E-state index in [-0.39, 0.29) is 12.5 Å². The summed E-state index contributed by atoms with van der Waals surface area (Å²) >= 11 is 7.42. The van der Waals surface area contributed by atoms with Gasteiger partial charge in [0.15, 0.2) is 11.2 Å². The van der Waals surface area contributed by atoms with Gasteiger partial charge in [-0.1, -0.05) is 23.7 Å². The lowest BCUT2D eigenvalue weighted by molar-refractivity contribution is -0.142. The maximum atomic E-state index is 12.0. The third-order valence-electron chi connectivity index (χ3n) is 3.16. The quantitative estimate of drug-likeness (QED) is 0.931. The number of rotatable bonds is 4. The highest BCUT2D eigenvalue weighted by atomic mass is 35.5. The van der Waals surface area contributed by atoms with E-state index in [2.05, 4.69) is 10.3 Å². The average Bonchev–Trinajstić information content (AvgIpc) is 2.95. The van der Waals surface area contributed by atoms with Crippen molar-refractivity contribution in [2.75, 3.05) is 25.1 Å². The number of aromatic nitrogens is 1. The van der Waals surface area contributed by atoms with Crippen molar-refractivity contribution >= 4 is 34.0 Å². The first-order valence-corrected chi connectivity index (χ1v) is 8.09. The molecule has 2 heterocycles. The molecule has 22 heavy (non-hydrogen) atoms. The fraction of sp³-hybridized carbons (Fsp3) is 0.333. The summed E-state index contributed by atoms with van der Waals surface area (Å²) in [6.45, 7) is 1.26. The van der Waals surface area contributed by atoms with Crippen molar-refractivity contribution in [1.82, 2.24) is 4.98 Å². The van der Waals surface area contributed by atoms with Crippen molar-refractivity contribution in [1.29, 1.82) is 0 Å². The molecule has 0 bridgehead atoms. The van der Waals surface area contributed by atoms with E-state index in [0.717, 1.165) is 16.9 Å². The molecule has 1 aliphatic heterocycles. The Morgan fingerprint density at radius 1 is 1.45 bits per heavy atom. The van der Waals surface area contributed by atoms with E-state index in [0.29, 0.717) is 23.4 Å². The number of nitrogens with zero attached hydrogens (tertiary/aromatic N) is 1. The number of hydrogen-bond donors (Lipinski definition) is 1. The first-order valence-electron chi connectivity index (χ1n) is 6.90. The first kappa shape index (κ1) is 15.4. The normalized spacial score (nSPS) is 18.1. The number of hydrogen-bond acceptors (Lipinski definition) is 5. The number of ether oxygens (including phenoxy) is 2. The molecule has 1 aliphatic rings. The summed E-state index contributed by atoms with van der Waals surface area (Å²) in [6, 6.07) is 7.70. The third kappa shape index (κ3) is 4.04. The van der Waals surface area contributed by atoms with E-state index in [4.69, 9.17) is 21.1 Å². The Morgan fingerprint density at radius 2 is 2.36 bits per heavy atom. The van der Waals surface area contributed by atoms with Gasteiger partial charge < -0.3 is 9.47 Å². The number of nitrogens with one attached hydrogen (secondary N) is 1. The molecular formula is C15H15ClN2O3S. The Balaban J connectivity index is 1.60. The lowest BCUT2D eigenvalue weighted by atomic mass is 10.1. The Labute approximate surface area is 137 Å². The van der Waals surface area contributed by atoms with Gasteiger partial charge in [0.05, 0.1) is 19.8 Å². The monoisotopic (exact) mass is 338 g/mol. The van der Waals surface area contributed by atoms with Crippen molar-refractivity contribution in [3.05, 3.63) is 45.9 Å². The molecular weight excluding hydrogens is 324 g/mol. The van der Waals surface area contributed by atoms with Gasteiger partial charge in [-0.15, -0.1) is 11.3 Å². The molecule has 0 spiro atoms. The van der Waals surface area contributed by atoms with Gasteiger partial charge >= 0.3 is 0 Å².